The molecule has 4 nitrogen and oxygen atoms in total. The number of amides is 1. The van der Waals surface area contributed by atoms with Crippen LogP contribution in [0.4, 0.5) is 4.39 Å². The number of hydrogen-bond acceptors (Lipinski definition) is 3. The average molecular weight is 387 g/mol. The molecule has 0 spiro atoms. The lowest BCUT2D eigenvalue weighted by Crippen LogP contribution is -2.17. The summed E-state index contributed by atoms with van der Waals surface area (Å²) in [5.74, 6) is 0.0875. The lowest BCUT2D eigenvalue weighted by atomic mass is 10.1. The van der Waals surface area contributed by atoms with Crippen LogP contribution in [-0.2, 0) is 0 Å². The second-order valence-electron chi connectivity index (χ2n) is 4.86. The first kappa shape index (κ1) is 16.1. The van der Waals surface area contributed by atoms with E-state index < -0.39 is 0 Å². The van der Waals surface area contributed by atoms with Crippen molar-refractivity contribution in [2.75, 3.05) is 0 Å². The SMILES string of the molecule is O=C(N/N=C\c1ccc(-c2ccccc2F)o1)c1ccccc1Br. The number of rotatable bonds is 4. The molecule has 1 N–H and O–H groups in total. The number of hydrazone groups is 1. The summed E-state index contributed by atoms with van der Waals surface area (Å²) in [7, 11) is 0. The topological polar surface area (TPSA) is 54.6 Å². The van der Waals surface area contributed by atoms with E-state index in [1.807, 2.05) is 6.07 Å². The number of nitrogens with one attached hydrogen (secondary N) is 1. The standard InChI is InChI=1S/C18H12BrFN2O2/c19-15-7-3-1-5-13(15)18(23)22-21-11-12-9-10-17(24-12)14-6-2-4-8-16(14)20/h1-11H,(H,22,23)/b21-11-. The maximum Gasteiger partial charge on any atom is 0.272 e. The van der Waals surface area contributed by atoms with Crippen LogP contribution in [0.5, 0.6) is 0 Å². The van der Waals surface area contributed by atoms with Gasteiger partial charge in [0.2, 0.25) is 0 Å². The fourth-order valence-corrected chi connectivity index (χ4v) is 2.55. The van der Waals surface area contributed by atoms with Crippen LogP contribution in [0.3, 0.4) is 0 Å². The largest absolute Gasteiger partial charge is 0.455 e. The second-order valence-corrected chi connectivity index (χ2v) is 5.72. The van der Waals surface area contributed by atoms with Crippen molar-refractivity contribution >= 4 is 28.1 Å². The Bertz CT molecular complexity index is 905. The van der Waals surface area contributed by atoms with Crippen LogP contribution in [0.2, 0.25) is 0 Å². The van der Waals surface area contributed by atoms with Gasteiger partial charge in [-0.3, -0.25) is 4.79 Å². The third-order valence-corrected chi connectivity index (χ3v) is 3.93. The Morgan fingerprint density at radius 3 is 2.62 bits per heavy atom. The van der Waals surface area contributed by atoms with E-state index in [4.69, 9.17) is 4.42 Å². The van der Waals surface area contributed by atoms with E-state index in [1.165, 1.54) is 12.3 Å². The minimum absolute atomic E-state index is 0.348. The monoisotopic (exact) mass is 386 g/mol. The van der Waals surface area contributed by atoms with Gasteiger partial charge in [-0.1, -0.05) is 24.3 Å². The normalized spacial score (nSPS) is 10.9. The summed E-state index contributed by atoms with van der Waals surface area (Å²) in [5.41, 5.74) is 3.26. The molecule has 0 atom stereocenters. The van der Waals surface area contributed by atoms with Crippen molar-refractivity contribution in [2.45, 2.75) is 0 Å². The summed E-state index contributed by atoms with van der Waals surface area (Å²) in [5, 5.41) is 3.86. The van der Waals surface area contributed by atoms with Crippen LogP contribution in [0, 0.1) is 5.82 Å². The zero-order valence-corrected chi connectivity index (χ0v) is 14.0. The number of carbonyl (C=O) groups is 1. The molecule has 1 amide bonds. The number of nitrogens with zero attached hydrogens (tertiary/aromatic N) is 1. The molecule has 0 aliphatic heterocycles. The van der Waals surface area contributed by atoms with Crippen LogP contribution >= 0.6 is 15.9 Å². The Balaban J connectivity index is 1.69. The van der Waals surface area contributed by atoms with Gasteiger partial charge >= 0.3 is 0 Å². The molecule has 0 aliphatic rings. The molecule has 3 rings (SSSR count). The van der Waals surface area contributed by atoms with Crippen LogP contribution in [0.15, 0.2) is 74.7 Å². The maximum atomic E-state index is 13.7. The molecule has 3 aromatic rings. The van der Waals surface area contributed by atoms with E-state index in [9.17, 15) is 9.18 Å². The molecule has 1 aromatic heterocycles. The first-order valence-electron chi connectivity index (χ1n) is 7.08. The van der Waals surface area contributed by atoms with E-state index in [-0.39, 0.29) is 11.7 Å². The van der Waals surface area contributed by atoms with Gasteiger partial charge in [0, 0.05) is 4.47 Å². The number of hydrogen-bond donors (Lipinski definition) is 1. The first-order chi connectivity index (χ1) is 11.6. The van der Waals surface area contributed by atoms with Crippen LogP contribution in [-0.4, -0.2) is 12.1 Å². The fourth-order valence-electron chi connectivity index (χ4n) is 2.09. The van der Waals surface area contributed by atoms with Gasteiger partial charge in [0.1, 0.15) is 17.3 Å². The summed E-state index contributed by atoms with van der Waals surface area (Å²) in [6, 6.07) is 16.7. The minimum atomic E-state index is -0.363. The lowest BCUT2D eigenvalue weighted by Gasteiger charge is -2.01. The van der Waals surface area contributed by atoms with Crippen molar-refractivity contribution in [3.63, 3.8) is 0 Å². The summed E-state index contributed by atoms with van der Waals surface area (Å²) in [6.07, 6.45) is 1.36. The van der Waals surface area contributed by atoms with Crippen molar-refractivity contribution in [1.82, 2.24) is 5.43 Å². The number of carbonyl (C=O) groups excluding carboxylic acids is 1. The number of halogens is 2. The highest BCUT2D eigenvalue weighted by molar-refractivity contribution is 9.10. The quantitative estimate of drug-likeness (QED) is 0.525. The first-order valence-corrected chi connectivity index (χ1v) is 7.87. The van der Waals surface area contributed by atoms with Crippen LogP contribution in [0.1, 0.15) is 16.1 Å². The van der Waals surface area contributed by atoms with Crippen molar-refractivity contribution < 1.29 is 13.6 Å². The highest BCUT2D eigenvalue weighted by atomic mass is 79.9. The molecule has 0 aliphatic carbocycles. The molecule has 0 unspecified atom stereocenters. The molecular weight excluding hydrogens is 375 g/mol. The Morgan fingerprint density at radius 2 is 1.83 bits per heavy atom. The van der Waals surface area contributed by atoms with Crippen LogP contribution in [0.25, 0.3) is 11.3 Å². The Morgan fingerprint density at radius 1 is 1.08 bits per heavy atom. The molecule has 24 heavy (non-hydrogen) atoms. The molecule has 0 fully saturated rings. The van der Waals surface area contributed by atoms with Gasteiger partial charge in [-0.15, -0.1) is 0 Å². The maximum absolute atomic E-state index is 13.7. The van der Waals surface area contributed by atoms with Gasteiger partial charge in [0.15, 0.2) is 0 Å². The van der Waals surface area contributed by atoms with Crippen LogP contribution < -0.4 is 5.43 Å². The summed E-state index contributed by atoms with van der Waals surface area (Å²) >= 11 is 3.30. The van der Waals surface area contributed by atoms with Crippen molar-refractivity contribution in [3.8, 4) is 11.3 Å². The third kappa shape index (κ3) is 3.60. The highest BCUT2D eigenvalue weighted by Gasteiger charge is 2.09. The zero-order valence-electron chi connectivity index (χ0n) is 12.4. The third-order valence-electron chi connectivity index (χ3n) is 3.24. The van der Waals surface area contributed by atoms with E-state index in [0.717, 1.165) is 0 Å². The van der Waals surface area contributed by atoms with Gasteiger partial charge in [-0.25, -0.2) is 9.82 Å². The summed E-state index contributed by atoms with van der Waals surface area (Å²) in [4.78, 5) is 12.0. The van der Waals surface area contributed by atoms with Crippen molar-refractivity contribution in [3.05, 3.63) is 82.3 Å². The van der Waals surface area contributed by atoms with Gasteiger partial charge in [0.05, 0.1) is 17.3 Å². The Labute approximate surface area is 146 Å². The predicted octanol–water partition coefficient (Wildman–Crippen LogP) is 4.61. The van der Waals surface area contributed by atoms with E-state index in [0.29, 0.717) is 27.1 Å². The van der Waals surface area contributed by atoms with Gasteiger partial charge in [0.25, 0.3) is 5.91 Å². The number of furan rings is 1. The molecule has 2 aromatic carbocycles. The molecule has 0 saturated heterocycles. The smallest absolute Gasteiger partial charge is 0.272 e. The van der Waals surface area contributed by atoms with Crippen molar-refractivity contribution in [1.29, 1.82) is 0 Å². The highest BCUT2D eigenvalue weighted by Crippen LogP contribution is 2.24. The summed E-state index contributed by atoms with van der Waals surface area (Å²) < 4.78 is 19.9. The van der Waals surface area contributed by atoms with Gasteiger partial charge in [-0.2, -0.15) is 5.10 Å². The molecule has 0 saturated carbocycles. The second kappa shape index (κ2) is 7.23. The lowest BCUT2D eigenvalue weighted by molar-refractivity contribution is 0.0954. The Hall–Kier alpha value is -2.73. The predicted molar refractivity (Wildman–Crippen MR) is 93.3 cm³/mol. The summed E-state index contributed by atoms with van der Waals surface area (Å²) in [6.45, 7) is 0. The average Bonchev–Trinajstić information content (AvgIpc) is 3.04. The van der Waals surface area contributed by atoms with Crippen molar-refractivity contribution in [2.24, 2.45) is 5.10 Å². The van der Waals surface area contributed by atoms with Gasteiger partial charge < -0.3 is 4.42 Å². The molecule has 6 heteroatoms. The van der Waals surface area contributed by atoms with Gasteiger partial charge in [-0.05, 0) is 52.3 Å². The molecular formula is C18H12BrFN2O2. The molecule has 1 heterocycles. The molecule has 120 valence electrons. The Kier molecular flexibility index (Phi) is 4.86. The minimum Gasteiger partial charge on any atom is -0.455 e. The van der Waals surface area contributed by atoms with E-state index in [1.54, 1.807) is 48.5 Å². The van der Waals surface area contributed by atoms with E-state index >= 15 is 0 Å². The number of benzene rings is 2. The molecule has 0 bridgehead atoms. The van der Waals surface area contributed by atoms with E-state index in [2.05, 4.69) is 26.5 Å². The zero-order chi connectivity index (χ0) is 16.9. The fraction of sp³-hybridized carbons (Fsp3) is 0. The molecule has 0 radical (unpaired) electrons.